The Morgan fingerprint density at radius 2 is 2.05 bits per heavy atom. The molecule has 0 aliphatic rings. The number of ether oxygens (including phenoxy) is 1. The van der Waals surface area contributed by atoms with Gasteiger partial charge in [0, 0.05) is 22.2 Å². The lowest BCUT2D eigenvalue weighted by Crippen LogP contribution is -1.97. The van der Waals surface area contributed by atoms with Crippen LogP contribution in [-0.4, -0.2) is 10.0 Å². The van der Waals surface area contributed by atoms with Gasteiger partial charge in [0.1, 0.15) is 11.5 Å². The van der Waals surface area contributed by atoms with E-state index in [2.05, 4.69) is 15.9 Å². The van der Waals surface area contributed by atoms with Crippen molar-refractivity contribution >= 4 is 21.6 Å². The molecule has 2 rings (SSSR count). The van der Waals surface area contributed by atoms with Crippen molar-refractivity contribution in [3.63, 3.8) is 0 Å². The molecule has 0 aromatic heterocycles. The van der Waals surface area contributed by atoms with Crippen molar-refractivity contribution < 1.29 is 19.2 Å². The summed E-state index contributed by atoms with van der Waals surface area (Å²) < 4.78 is 19.8. The fourth-order valence-electron chi connectivity index (χ4n) is 1.76. The molecule has 0 aliphatic carbocycles. The fraction of sp³-hybridized carbons (Fsp3) is 0.143. The number of aliphatic hydroxyl groups is 1. The van der Waals surface area contributed by atoms with Crippen LogP contribution in [0.4, 0.5) is 10.1 Å². The van der Waals surface area contributed by atoms with E-state index in [4.69, 9.17) is 4.74 Å². The molecule has 0 saturated carbocycles. The molecule has 0 fully saturated rings. The predicted octanol–water partition coefficient (Wildman–Crippen LogP) is 4.34. The van der Waals surface area contributed by atoms with E-state index >= 15 is 0 Å². The van der Waals surface area contributed by atoms with Gasteiger partial charge in [-0.25, -0.2) is 0 Å². The number of nitrogens with zero attached hydrogens (tertiary/aromatic N) is 1. The monoisotopic (exact) mass is 355 g/mol. The molecule has 0 amide bonds. The maximum absolute atomic E-state index is 13.5. The summed E-state index contributed by atoms with van der Waals surface area (Å²) in [6, 6.07) is 8.28. The molecule has 0 saturated heterocycles. The Labute approximate surface area is 128 Å². The Balaban J connectivity index is 2.34. The van der Waals surface area contributed by atoms with Gasteiger partial charge in [-0.2, -0.15) is 4.39 Å². The molecular formula is C14H11BrFNO4. The fourth-order valence-corrected chi connectivity index (χ4v) is 2.14. The zero-order valence-corrected chi connectivity index (χ0v) is 12.5. The third kappa shape index (κ3) is 3.56. The molecular weight excluding hydrogens is 345 g/mol. The van der Waals surface area contributed by atoms with E-state index in [1.807, 2.05) is 0 Å². The molecule has 2 aromatic carbocycles. The van der Waals surface area contributed by atoms with Crippen LogP contribution >= 0.6 is 15.9 Å². The van der Waals surface area contributed by atoms with Crippen LogP contribution in [0.2, 0.25) is 0 Å². The van der Waals surface area contributed by atoms with Crippen LogP contribution in [0.3, 0.4) is 0 Å². The summed E-state index contributed by atoms with van der Waals surface area (Å²) in [7, 11) is 0. The standard InChI is InChI=1S/C14H11BrFNO4/c1-8(18)11-6-9(15)2-5-14(11)21-10-3-4-13(17(19)20)12(16)7-10/h2-8,18H,1H3. The number of benzene rings is 2. The molecule has 1 unspecified atom stereocenters. The molecule has 0 radical (unpaired) electrons. The van der Waals surface area contributed by atoms with Crippen LogP contribution in [0.15, 0.2) is 40.9 Å². The lowest BCUT2D eigenvalue weighted by Gasteiger charge is -2.13. The summed E-state index contributed by atoms with van der Waals surface area (Å²) in [6.07, 6.45) is -0.777. The molecule has 1 atom stereocenters. The van der Waals surface area contributed by atoms with Gasteiger partial charge in [0.25, 0.3) is 0 Å². The van der Waals surface area contributed by atoms with E-state index in [9.17, 15) is 19.6 Å². The summed E-state index contributed by atoms with van der Waals surface area (Å²) in [5.74, 6) is -0.517. The van der Waals surface area contributed by atoms with Gasteiger partial charge in [-0.1, -0.05) is 15.9 Å². The van der Waals surface area contributed by atoms with Crippen LogP contribution in [0, 0.1) is 15.9 Å². The van der Waals surface area contributed by atoms with Gasteiger partial charge in [-0.05, 0) is 31.2 Å². The molecule has 0 spiro atoms. The normalized spacial score (nSPS) is 12.0. The van der Waals surface area contributed by atoms with Gasteiger partial charge in [0.05, 0.1) is 11.0 Å². The van der Waals surface area contributed by atoms with Crippen LogP contribution in [0.1, 0.15) is 18.6 Å². The molecule has 0 heterocycles. The average Bonchev–Trinajstić information content (AvgIpc) is 2.40. The number of nitro benzene ring substituents is 1. The highest BCUT2D eigenvalue weighted by molar-refractivity contribution is 9.10. The van der Waals surface area contributed by atoms with Crippen molar-refractivity contribution in [2.24, 2.45) is 0 Å². The van der Waals surface area contributed by atoms with Gasteiger partial charge in [-0.15, -0.1) is 0 Å². The highest BCUT2D eigenvalue weighted by Crippen LogP contribution is 2.33. The summed E-state index contributed by atoms with van der Waals surface area (Å²) in [5, 5.41) is 20.3. The lowest BCUT2D eigenvalue weighted by molar-refractivity contribution is -0.387. The summed E-state index contributed by atoms with van der Waals surface area (Å²) in [5.41, 5.74) is -0.1000. The van der Waals surface area contributed by atoms with Crippen molar-refractivity contribution in [1.29, 1.82) is 0 Å². The Bertz CT molecular complexity index is 691. The molecule has 0 bridgehead atoms. The second-order valence-electron chi connectivity index (χ2n) is 4.33. The van der Waals surface area contributed by atoms with Crippen LogP contribution < -0.4 is 4.74 Å². The molecule has 21 heavy (non-hydrogen) atoms. The van der Waals surface area contributed by atoms with Crippen LogP contribution in [0.25, 0.3) is 0 Å². The largest absolute Gasteiger partial charge is 0.457 e. The Kier molecular flexibility index (Phi) is 4.54. The van der Waals surface area contributed by atoms with E-state index in [1.165, 1.54) is 6.07 Å². The second-order valence-corrected chi connectivity index (χ2v) is 5.25. The number of halogens is 2. The smallest absolute Gasteiger partial charge is 0.305 e. The van der Waals surface area contributed by atoms with Gasteiger partial charge in [0.2, 0.25) is 5.82 Å². The van der Waals surface area contributed by atoms with Crippen molar-refractivity contribution in [3.05, 3.63) is 62.4 Å². The number of hydrogen-bond donors (Lipinski definition) is 1. The first-order valence-electron chi connectivity index (χ1n) is 5.98. The summed E-state index contributed by atoms with van der Waals surface area (Å²) in [6.45, 7) is 1.57. The first kappa shape index (κ1) is 15.4. The van der Waals surface area contributed by atoms with E-state index in [0.29, 0.717) is 11.3 Å². The van der Waals surface area contributed by atoms with Crippen molar-refractivity contribution in [2.75, 3.05) is 0 Å². The molecule has 2 aromatic rings. The Morgan fingerprint density at radius 1 is 1.33 bits per heavy atom. The molecule has 110 valence electrons. The number of aliphatic hydroxyl groups excluding tert-OH is 1. The minimum atomic E-state index is -0.979. The Morgan fingerprint density at radius 3 is 2.62 bits per heavy atom. The van der Waals surface area contributed by atoms with Gasteiger partial charge in [0.15, 0.2) is 0 Å². The molecule has 0 aliphatic heterocycles. The molecule has 1 N–H and O–H groups in total. The molecule has 5 nitrogen and oxygen atoms in total. The van der Waals surface area contributed by atoms with E-state index in [1.54, 1.807) is 25.1 Å². The third-order valence-electron chi connectivity index (χ3n) is 2.77. The second kappa shape index (κ2) is 6.19. The van der Waals surface area contributed by atoms with Gasteiger partial charge < -0.3 is 9.84 Å². The summed E-state index contributed by atoms with van der Waals surface area (Å²) >= 11 is 3.29. The third-order valence-corrected chi connectivity index (χ3v) is 3.26. The maximum atomic E-state index is 13.5. The van der Waals surface area contributed by atoms with Crippen LogP contribution in [0.5, 0.6) is 11.5 Å². The minimum Gasteiger partial charge on any atom is -0.457 e. The van der Waals surface area contributed by atoms with E-state index < -0.39 is 22.5 Å². The van der Waals surface area contributed by atoms with Crippen molar-refractivity contribution in [1.82, 2.24) is 0 Å². The van der Waals surface area contributed by atoms with Crippen molar-refractivity contribution in [2.45, 2.75) is 13.0 Å². The SMILES string of the molecule is CC(O)c1cc(Br)ccc1Oc1ccc([N+](=O)[O-])c(F)c1. The number of rotatable bonds is 4. The van der Waals surface area contributed by atoms with Crippen LogP contribution in [-0.2, 0) is 0 Å². The van der Waals surface area contributed by atoms with Gasteiger partial charge in [-0.3, -0.25) is 10.1 Å². The van der Waals surface area contributed by atoms with E-state index in [0.717, 1.165) is 16.6 Å². The summed E-state index contributed by atoms with van der Waals surface area (Å²) in [4.78, 5) is 9.75. The number of hydrogen-bond acceptors (Lipinski definition) is 4. The minimum absolute atomic E-state index is 0.113. The highest BCUT2D eigenvalue weighted by atomic mass is 79.9. The zero-order valence-electron chi connectivity index (χ0n) is 10.9. The maximum Gasteiger partial charge on any atom is 0.305 e. The molecule has 7 heteroatoms. The topological polar surface area (TPSA) is 72.6 Å². The number of nitro groups is 1. The lowest BCUT2D eigenvalue weighted by atomic mass is 10.1. The zero-order chi connectivity index (χ0) is 15.6. The first-order valence-corrected chi connectivity index (χ1v) is 6.77. The quantitative estimate of drug-likeness (QED) is 0.653. The Hall–Kier alpha value is -1.99. The van der Waals surface area contributed by atoms with Crippen molar-refractivity contribution in [3.8, 4) is 11.5 Å². The highest BCUT2D eigenvalue weighted by Gasteiger charge is 2.16. The average molecular weight is 356 g/mol. The van der Waals surface area contributed by atoms with E-state index in [-0.39, 0.29) is 5.75 Å². The first-order chi connectivity index (χ1) is 9.88. The predicted molar refractivity (Wildman–Crippen MR) is 77.9 cm³/mol. The van der Waals surface area contributed by atoms with Gasteiger partial charge >= 0.3 is 5.69 Å².